The zero-order chi connectivity index (χ0) is 19.9. The highest BCUT2D eigenvalue weighted by molar-refractivity contribution is 5.91. The molecule has 0 aliphatic rings. The molecule has 1 heterocycles. The van der Waals surface area contributed by atoms with Crippen molar-refractivity contribution < 1.29 is 9.53 Å². The van der Waals surface area contributed by atoms with Crippen LogP contribution in [0.3, 0.4) is 0 Å². The van der Waals surface area contributed by atoms with Crippen LogP contribution in [0.1, 0.15) is 17.0 Å². The third-order valence-corrected chi connectivity index (χ3v) is 4.21. The van der Waals surface area contributed by atoms with E-state index in [0.717, 1.165) is 30.0 Å². The Morgan fingerprint density at radius 1 is 1.14 bits per heavy atom. The van der Waals surface area contributed by atoms with E-state index in [-0.39, 0.29) is 11.7 Å². The van der Waals surface area contributed by atoms with Gasteiger partial charge in [-0.05, 0) is 51.3 Å². The van der Waals surface area contributed by atoms with Crippen molar-refractivity contribution in [3.8, 4) is 22.8 Å². The molecule has 1 amide bonds. The summed E-state index contributed by atoms with van der Waals surface area (Å²) in [6, 6.07) is 17.2. The molecule has 0 fully saturated rings. The topological polar surface area (TPSA) is 72.3 Å². The normalized spacial score (nSPS) is 10.9. The number of amides is 1. The molecule has 1 N–H and O–H groups in total. The first-order valence-electron chi connectivity index (χ1n) is 9.18. The number of aromatic nitrogens is 3. The Kier molecular flexibility index (Phi) is 6.39. The summed E-state index contributed by atoms with van der Waals surface area (Å²) >= 11 is 0. The van der Waals surface area contributed by atoms with Crippen LogP contribution in [0, 0.1) is 0 Å². The maximum absolute atomic E-state index is 12.6. The minimum absolute atomic E-state index is 0.145. The maximum atomic E-state index is 12.6. The highest BCUT2D eigenvalue weighted by atomic mass is 16.5. The van der Waals surface area contributed by atoms with Crippen molar-refractivity contribution >= 4 is 5.91 Å². The van der Waals surface area contributed by atoms with E-state index in [1.165, 1.54) is 0 Å². The summed E-state index contributed by atoms with van der Waals surface area (Å²) in [5, 5.41) is 7.36. The van der Waals surface area contributed by atoms with Gasteiger partial charge in [-0.3, -0.25) is 4.79 Å². The van der Waals surface area contributed by atoms with Crippen LogP contribution in [0.5, 0.6) is 5.75 Å². The Morgan fingerprint density at radius 2 is 1.93 bits per heavy atom. The number of nitrogens with one attached hydrogen (secondary N) is 1. The molecule has 7 nitrogen and oxygen atoms in total. The summed E-state index contributed by atoms with van der Waals surface area (Å²) in [5.41, 5.74) is 1.65. The van der Waals surface area contributed by atoms with E-state index in [1.54, 1.807) is 11.8 Å². The molecule has 28 heavy (non-hydrogen) atoms. The molecule has 0 unspecified atom stereocenters. The number of hydrogen-bond acceptors (Lipinski definition) is 5. The lowest BCUT2D eigenvalue weighted by molar-refractivity contribution is 0.0942. The van der Waals surface area contributed by atoms with Gasteiger partial charge in [-0.15, -0.1) is 5.10 Å². The van der Waals surface area contributed by atoms with Crippen molar-refractivity contribution in [2.75, 3.05) is 34.3 Å². The number of benzene rings is 2. The Hall–Kier alpha value is -3.19. The summed E-state index contributed by atoms with van der Waals surface area (Å²) < 4.78 is 7.00. The number of carbonyl (C=O) groups is 1. The van der Waals surface area contributed by atoms with Gasteiger partial charge in [0.25, 0.3) is 5.91 Å². The predicted molar refractivity (Wildman–Crippen MR) is 109 cm³/mol. The molecular formula is C21H25N5O2. The Bertz CT molecular complexity index is 922. The molecule has 0 bridgehead atoms. The second-order valence-corrected chi connectivity index (χ2v) is 6.65. The van der Waals surface area contributed by atoms with Crippen molar-refractivity contribution in [1.29, 1.82) is 0 Å². The SMILES string of the molecule is COc1cccc(-c2nc(C(=O)NCCCN(C)C)nn2-c2ccccc2)c1. The smallest absolute Gasteiger partial charge is 0.290 e. The molecule has 3 rings (SSSR count). The van der Waals surface area contributed by atoms with Gasteiger partial charge in [0.2, 0.25) is 5.82 Å². The molecule has 3 aromatic rings. The summed E-state index contributed by atoms with van der Waals surface area (Å²) in [6.07, 6.45) is 0.862. The maximum Gasteiger partial charge on any atom is 0.290 e. The van der Waals surface area contributed by atoms with E-state index in [0.29, 0.717) is 12.4 Å². The van der Waals surface area contributed by atoms with Crippen molar-refractivity contribution in [3.05, 3.63) is 60.4 Å². The Morgan fingerprint density at radius 3 is 2.64 bits per heavy atom. The molecule has 0 radical (unpaired) electrons. The molecule has 1 aromatic heterocycles. The average molecular weight is 379 g/mol. The monoisotopic (exact) mass is 379 g/mol. The molecule has 0 saturated heterocycles. The lowest BCUT2D eigenvalue weighted by Gasteiger charge is -2.08. The van der Waals surface area contributed by atoms with Crippen LogP contribution in [-0.4, -0.2) is 59.9 Å². The van der Waals surface area contributed by atoms with Gasteiger partial charge in [-0.25, -0.2) is 9.67 Å². The van der Waals surface area contributed by atoms with Gasteiger partial charge >= 0.3 is 0 Å². The van der Waals surface area contributed by atoms with Crippen LogP contribution in [0.2, 0.25) is 0 Å². The van der Waals surface area contributed by atoms with Gasteiger partial charge in [0.15, 0.2) is 5.82 Å². The Balaban J connectivity index is 1.91. The molecule has 2 aromatic carbocycles. The zero-order valence-corrected chi connectivity index (χ0v) is 16.4. The molecule has 0 aliphatic carbocycles. The van der Waals surface area contributed by atoms with E-state index in [4.69, 9.17) is 4.74 Å². The van der Waals surface area contributed by atoms with E-state index in [2.05, 4.69) is 20.3 Å². The van der Waals surface area contributed by atoms with Crippen LogP contribution in [0.25, 0.3) is 17.1 Å². The van der Waals surface area contributed by atoms with E-state index < -0.39 is 0 Å². The first kappa shape index (κ1) is 19.6. The van der Waals surface area contributed by atoms with E-state index in [1.807, 2.05) is 68.7 Å². The molecule has 0 atom stereocenters. The molecule has 0 spiro atoms. The minimum Gasteiger partial charge on any atom is -0.497 e. The number of rotatable bonds is 8. The van der Waals surface area contributed by atoms with Gasteiger partial charge in [-0.1, -0.05) is 30.3 Å². The number of carbonyl (C=O) groups excluding carboxylic acids is 1. The minimum atomic E-state index is -0.280. The summed E-state index contributed by atoms with van der Waals surface area (Å²) in [6.45, 7) is 1.48. The van der Waals surface area contributed by atoms with Crippen molar-refractivity contribution in [2.45, 2.75) is 6.42 Å². The van der Waals surface area contributed by atoms with Crippen molar-refractivity contribution in [3.63, 3.8) is 0 Å². The Labute approximate surface area is 165 Å². The predicted octanol–water partition coefficient (Wildman–Crippen LogP) is 2.62. The van der Waals surface area contributed by atoms with Gasteiger partial charge in [0.05, 0.1) is 12.8 Å². The van der Waals surface area contributed by atoms with Gasteiger partial charge in [0.1, 0.15) is 5.75 Å². The summed E-state index contributed by atoms with van der Waals surface area (Å²) in [7, 11) is 5.63. The zero-order valence-electron chi connectivity index (χ0n) is 16.4. The van der Waals surface area contributed by atoms with Crippen LogP contribution >= 0.6 is 0 Å². The number of ether oxygens (including phenoxy) is 1. The van der Waals surface area contributed by atoms with Crippen LogP contribution in [0.4, 0.5) is 0 Å². The first-order chi connectivity index (χ1) is 13.6. The number of nitrogens with zero attached hydrogens (tertiary/aromatic N) is 4. The second-order valence-electron chi connectivity index (χ2n) is 6.65. The van der Waals surface area contributed by atoms with Gasteiger partial charge < -0.3 is 15.0 Å². The highest BCUT2D eigenvalue weighted by Crippen LogP contribution is 2.24. The molecule has 0 saturated carbocycles. The third-order valence-electron chi connectivity index (χ3n) is 4.21. The van der Waals surface area contributed by atoms with Crippen LogP contribution in [-0.2, 0) is 0 Å². The summed E-state index contributed by atoms with van der Waals surface area (Å²) in [5.74, 6) is 1.17. The lowest BCUT2D eigenvalue weighted by atomic mass is 10.2. The van der Waals surface area contributed by atoms with E-state index >= 15 is 0 Å². The van der Waals surface area contributed by atoms with Gasteiger partial charge in [-0.2, -0.15) is 0 Å². The number of hydrogen-bond donors (Lipinski definition) is 1. The number of methoxy groups -OCH3 is 1. The highest BCUT2D eigenvalue weighted by Gasteiger charge is 2.18. The van der Waals surface area contributed by atoms with E-state index in [9.17, 15) is 4.79 Å². The third kappa shape index (κ3) is 4.75. The van der Waals surface area contributed by atoms with Gasteiger partial charge in [0, 0.05) is 12.1 Å². The first-order valence-corrected chi connectivity index (χ1v) is 9.18. The molecule has 146 valence electrons. The quantitative estimate of drug-likeness (QED) is 0.609. The fourth-order valence-corrected chi connectivity index (χ4v) is 2.78. The molecular weight excluding hydrogens is 354 g/mol. The van der Waals surface area contributed by atoms with Crippen molar-refractivity contribution in [2.24, 2.45) is 0 Å². The standard InChI is InChI=1S/C21H25N5O2/c1-25(2)14-8-13-22-21(27)19-23-20(16-9-7-12-18(15-16)28-3)26(24-19)17-10-5-4-6-11-17/h4-7,9-12,15H,8,13-14H2,1-3H3,(H,22,27). The largest absolute Gasteiger partial charge is 0.497 e. The van der Waals surface area contributed by atoms with Crippen molar-refractivity contribution in [1.82, 2.24) is 25.0 Å². The molecule has 7 heteroatoms. The lowest BCUT2D eigenvalue weighted by Crippen LogP contribution is -2.28. The molecule has 0 aliphatic heterocycles. The average Bonchev–Trinajstić information content (AvgIpc) is 3.17. The van der Waals surface area contributed by atoms with Crippen LogP contribution in [0.15, 0.2) is 54.6 Å². The fraction of sp³-hybridized carbons (Fsp3) is 0.286. The number of para-hydroxylation sites is 1. The second kappa shape index (κ2) is 9.14. The summed E-state index contributed by atoms with van der Waals surface area (Å²) in [4.78, 5) is 19.2. The van der Waals surface area contributed by atoms with Crippen LogP contribution < -0.4 is 10.1 Å². The fourth-order valence-electron chi connectivity index (χ4n) is 2.78.